The van der Waals surface area contributed by atoms with E-state index in [0.717, 1.165) is 0 Å². The molecule has 0 aliphatic heterocycles. The van der Waals surface area contributed by atoms with E-state index in [1.165, 1.54) is 0 Å². The van der Waals surface area contributed by atoms with Gasteiger partial charge < -0.3 is 14.9 Å². The number of halogens is 2. The highest BCUT2D eigenvalue weighted by molar-refractivity contribution is 5.82. The van der Waals surface area contributed by atoms with Gasteiger partial charge in [-0.3, -0.25) is 14.9 Å². The van der Waals surface area contributed by atoms with Crippen LogP contribution in [-0.4, -0.2) is 34.0 Å². The zero-order chi connectivity index (χ0) is 15.4. The maximum absolute atomic E-state index is 12.2. The summed E-state index contributed by atoms with van der Waals surface area (Å²) in [5.41, 5.74) is -2.34. The second-order valence-electron chi connectivity index (χ2n) is 3.45. The monoisotopic (exact) mass is 291 g/mol. The van der Waals surface area contributed by atoms with Gasteiger partial charge in [0.25, 0.3) is 0 Å². The topological polar surface area (TPSA) is 127 Å². The van der Waals surface area contributed by atoms with Crippen LogP contribution >= 0.6 is 0 Å². The van der Waals surface area contributed by atoms with E-state index in [0.29, 0.717) is 12.1 Å². The van der Waals surface area contributed by atoms with Gasteiger partial charge in [0, 0.05) is 5.56 Å². The number of nitro groups is 1. The number of ether oxygens (including phenoxy) is 1. The fourth-order valence-corrected chi connectivity index (χ4v) is 1.44. The third-order valence-corrected chi connectivity index (χ3v) is 2.19. The van der Waals surface area contributed by atoms with E-state index in [4.69, 9.17) is 5.11 Å². The van der Waals surface area contributed by atoms with Crippen molar-refractivity contribution in [2.24, 2.45) is 0 Å². The van der Waals surface area contributed by atoms with Gasteiger partial charge in [-0.25, -0.2) is 4.79 Å². The van der Waals surface area contributed by atoms with Crippen LogP contribution in [0.1, 0.15) is 22.0 Å². The van der Waals surface area contributed by atoms with E-state index < -0.39 is 40.6 Å². The van der Waals surface area contributed by atoms with Crippen molar-refractivity contribution < 1.29 is 38.2 Å². The first-order valence-electron chi connectivity index (χ1n) is 4.91. The van der Waals surface area contributed by atoms with Crippen molar-refractivity contribution in [3.63, 3.8) is 0 Å². The minimum Gasteiger partial charge on any atom is -0.479 e. The predicted octanol–water partition coefficient (Wildman–Crippen LogP) is 1.13. The maximum Gasteiger partial charge on any atom is 0.387 e. The molecule has 0 saturated carbocycles. The van der Waals surface area contributed by atoms with Gasteiger partial charge in [0.2, 0.25) is 5.75 Å². The van der Waals surface area contributed by atoms with Crippen LogP contribution in [0.4, 0.5) is 14.5 Å². The minimum absolute atomic E-state index is 0.139. The smallest absolute Gasteiger partial charge is 0.387 e. The van der Waals surface area contributed by atoms with Crippen LogP contribution in [0, 0.1) is 10.1 Å². The Kier molecular flexibility index (Phi) is 4.64. The summed E-state index contributed by atoms with van der Waals surface area (Å²) < 4.78 is 28.2. The van der Waals surface area contributed by atoms with E-state index >= 15 is 0 Å². The summed E-state index contributed by atoms with van der Waals surface area (Å²) in [6.45, 7) is -3.43. The summed E-state index contributed by atoms with van der Waals surface area (Å²) in [4.78, 5) is 30.9. The number of aliphatic hydroxyl groups is 1. The lowest BCUT2D eigenvalue weighted by Crippen LogP contribution is -2.14. The molecule has 8 nitrogen and oxygen atoms in total. The van der Waals surface area contributed by atoms with Crippen molar-refractivity contribution in [1.29, 1.82) is 0 Å². The number of carboxylic acid groups (broad SMARTS) is 1. The van der Waals surface area contributed by atoms with Gasteiger partial charge in [0.05, 0.1) is 10.5 Å². The molecule has 0 aliphatic rings. The zero-order valence-electron chi connectivity index (χ0n) is 9.53. The van der Waals surface area contributed by atoms with Crippen LogP contribution in [0.25, 0.3) is 0 Å². The molecule has 2 N–H and O–H groups in total. The molecule has 20 heavy (non-hydrogen) atoms. The molecule has 0 saturated heterocycles. The van der Waals surface area contributed by atoms with E-state index in [2.05, 4.69) is 4.74 Å². The summed E-state index contributed by atoms with van der Waals surface area (Å²) in [5.74, 6) is -2.86. The Labute approximate surface area is 109 Å². The van der Waals surface area contributed by atoms with Gasteiger partial charge >= 0.3 is 18.3 Å². The highest BCUT2D eigenvalue weighted by Gasteiger charge is 2.31. The van der Waals surface area contributed by atoms with Crippen molar-refractivity contribution in [1.82, 2.24) is 0 Å². The SMILES string of the molecule is O=Cc1cc(OC(F)F)c([N+](=O)[O-])c(C(O)C(=O)O)c1. The van der Waals surface area contributed by atoms with Crippen molar-refractivity contribution in [2.75, 3.05) is 0 Å². The van der Waals surface area contributed by atoms with Gasteiger partial charge in [0.15, 0.2) is 6.10 Å². The normalized spacial score (nSPS) is 12.0. The Morgan fingerprint density at radius 3 is 2.45 bits per heavy atom. The summed E-state index contributed by atoms with van der Waals surface area (Å²) in [7, 11) is 0. The third kappa shape index (κ3) is 3.23. The van der Waals surface area contributed by atoms with Crippen LogP contribution < -0.4 is 4.74 Å². The Hall–Kier alpha value is -2.62. The molecule has 1 unspecified atom stereocenters. The predicted molar refractivity (Wildman–Crippen MR) is 57.7 cm³/mol. The number of aliphatic carboxylic acids is 1. The molecule has 1 aromatic carbocycles. The van der Waals surface area contributed by atoms with Gasteiger partial charge in [-0.15, -0.1) is 0 Å². The Bertz CT molecular complexity index is 561. The lowest BCUT2D eigenvalue weighted by molar-refractivity contribution is -0.387. The van der Waals surface area contributed by atoms with E-state index in [-0.39, 0.29) is 11.8 Å². The molecule has 0 bridgehead atoms. The van der Waals surface area contributed by atoms with Crippen LogP contribution in [0.15, 0.2) is 12.1 Å². The zero-order valence-corrected chi connectivity index (χ0v) is 9.53. The number of carboxylic acids is 1. The summed E-state index contributed by atoms with van der Waals surface area (Å²) in [6.07, 6.45) is -2.23. The van der Waals surface area contributed by atoms with Crippen LogP contribution in [0.2, 0.25) is 0 Å². The molecule has 0 amide bonds. The summed E-state index contributed by atoms with van der Waals surface area (Å²) >= 11 is 0. The van der Waals surface area contributed by atoms with Crippen LogP contribution in [0.5, 0.6) is 5.75 Å². The van der Waals surface area contributed by atoms with Gasteiger partial charge in [-0.2, -0.15) is 8.78 Å². The van der Waals surface area contributed by atoms with E-state index in [1.54, 1.807) is 0 Å². The number of nitro benzene ring substituents is 1. The lowest BCUT2D eigenvalue weighted by atomic mass is 10.0. The average molecular weight is 291 g/mol. The first-order chi connectivity index (χ1) is 9.27. The number of carbonyl (C=O) groups is 2. The average Bonchev–Trinajstić information content (AvgIpc) is 2.35. The molecular weight excluding hydrogens is 284 g/mol. The number of nitrogens with zero attached hydrogens (tertiary/aromatic N) is 1. The molecule has 1 atom stereocenters. The van der Waals surface area contributed by atoms with E-state index in [9.17, 15) is 33.6 Å². The van der Waals surface area contributed by atoms with Crippen molar-refractivity contribution in [2.45, 2.75) is 12.7 Å². The molecule has 0 aliphatic carbocycles. The number of hydrogen-bond donors (Lipinski definition) is 2. The quantitative estimate of drug-likeness (QED) is 0.456. The molecular formula is C10H7F2NO7. The number of alkyl halides is 2. The van der Waals surface area contributed by atoms with Crippen molar-refractivity contribution in [3.05, 3.63) is 33.4 Å². The van der Waals surface area contributed by atoms with Crippen LogP contribution in [-0.2, 0) is 4.79 Å². The Morgan fingerprint density at radius 2 is 2.05 bits per heavy atom. The largest absolute Gasteiger partial charge is 0.479 e. The molecule has 1 aromatic rings. The molecule has 10 heteroatoms. The van der Waals surface area contributed by atoms with Crippen molar-refractivity contribution in [3.8, 4) is 5.75 Å². The molecule has 0 fully saturated rings. The fraction of sp³-hybridized carbons (Fsp3) is 0.200. The fourth-order valence-electron chi connectivity index (χ4n) is 1.44. The molecule has 0 heterocycles. The van der Waals surface area contributed by atoms with Gasteiger partial charge in [-0.1, -0.05) is 0 Å². The molecule has 108 valence electrons. The van der Waals surface area contributed by atoms with Gasteiger partial charge in [0.1, 0.15) is 6.29 Å². The second kappa shape index (κ2) is 6.02. The van der Waals surface area contributed by atoms with Gasteiger partial charge in [-0.05, 0) is 12.1 Å². The first-order valence-corrected chi connectivity index (χ1v) is 4.91. The highest BCUT2D eigenvalue weighted by Crippen LogP contribution is 2.36. The summed E-state index contributed by atoms with van der Waals surface area (Å²) in [5, 5.41) is 28.8. The minimum atomic E-state index is -3.43. The Balaban J connectivity index is 3.57. The maximum atomic E-state index is 12.2. The Morgan fingerprint density at radius 1 is 1.45 bits per heavy atom. The number of carbonyl (C=O) groups excluding carboxylic acids is 1. The second-order valence-corrected chi connectivity index (χ2v) is 3.45. The van der Waals surface area contributed by atoms with Crippen LogP contribution in [0.3, 0.4) is 0 Å². The lowest BCUT2D eigenvalue weighted by Gasteiger charge is -2.12. The first kappa shape index (κ1) is 15.4. The number of hydrogen-bond acceptors (Lipinski definition) is 6. The highest BCUT2D eigenvalue weighted by atomic mass is 19.3. The number of rotatable bonds is 6. The van der Waals surface area contributed by atoms with Crippen molar-refractivity contribution >= 4 is 17.9 Å². The molecule has 0 radical (unpaired) electrons. The third-order valence-electron chi connectivity index (χ3n) is 2.19. The molecule has 0 spiro atoms. The van der Waals surface area contributed by atoms with E-state index in [1.807, 2.05) is 0 Å². The number of aliphatic hydroxyl groups excluding tert-OH is 1. The molecule has 1 rings (SSSR count). The molecule has 0 aromatic heterocycles. The number of aldehydes is 1. The number of benzene rings is 1. The summed E-state index contributed by atoms with van der Waals surface area (Å²) in [6, 6.07) is 1.36. The standard InChI is InChI=1S/C10H7F2NO7/c11-10(12)20-6-2-4(3-14)1-5(7(6)13(18)19)8(15)9(16)17/h1-3,8,10,15H,(H,16,17).